The lowest BCUT2D eigenvalue weighted by Crippen LogP contribution is -2.43. The molecule has 1 unspecified atom stereocenters. The van der Waals surface area contributed by atoms with E-state index in [4.69, 9.17) is 19.0 Å². The fraction of sp³-hybridized carbons (Fsp3) is 0.333. The Bertz CT molecular complexity index is 752. The van der Waals surface area contributed by atoms with E-state index in [0.717, 1.165) is 16.9 Å². The number of carboxylic acids is 1. The summed E-state index contributed by atoms with van der Waals surface area (Å²) < 4.78 is 15.9. The Kier molecular flexibility index (Phi) is 6.19. The number of amides is 1. The van der Waals surface area contributed by atoms with E-state index in [1.54, 1.807) is 6.07 Å². The number of aliphatic carboxylic acids is 1. The lowest BCUT2D eigenvalue weighted by molar-refractivity contribution is -0.140. The van der Waals surface area contributed by atoms with Crippen LogP contribution in [0.15, 0.2) is 34.7 Å². The molecule has 7 nitrogen and oxygen atoms in total. The van der Waals surface area contributed by atoms with Gasteiger partial charge in [-0.2, -0.15) is 0 Å². The number of furan rings is 1. The Hall–Kier alpha value is -2.80. The highest BCUT2D eigenvalue weighted by atomic mass is 16.5. The highest BCUT2D eigenvalue weighted by Gasteiger charge is 2.22. The average Bonchev–Trinajstić information content (AvgIpc) is 3.02. The standard InChI is InChI=1S/C18H21NO6/c1-11-4-6-15(12(2)8-11)24-9-13-5-7-16(25-13)17(20)19-14(10-23-3)18(21)22/h4-8,14H,9-10H2,1-3H3,(H,19,20)(H,21,22). The van der Waals surface area contributed by atoms with Crippen LogP contribution in [-0.2, 0) is 16.1 Å². The van der Waals surface area contributed by atoms with E-state index >= 15 is 0 Å². The van der Waals surface area contributed by atoms with Crippen LogP contribution in [0.25, 0.3) is 0 Å². The molecule has 1 amide bonds. The van der Waals surface area contributed by atoms with Crippen molar-refractivity contribution >= 4 is 11.9 Å². The largest absolute Gasteiger partial charge is 0.485 e. The minimum absolute atomic E-state index is 0.0154. The summed E-state index contributed by atoms with van der Waals surface area (Å²) in [5, 5.41) is 11.4. The lowest BCUT2D eigenvalue weighted by Gasteiger charge is -2.12. The van der Waals surface area contributed by atoms with Crippen molar-refractivity contribution in [1.82, 2.24) is 5.32 Å². The van der Waals surface area contributed by atoms with Gasteiger partial charge < -0.3 is 24.3 Å². The van der Waals surface area contributed by atoms with Gasteiger partial charge in [0.25, 0.3) is 5.91 Å². The van der Waals surface area contributed by atoms with E-state index in [1.807, 2.05) is 32.0 Å². The maximum atomic E-state index is 12.0. The Morgan fingerprint density at radius 3 is 2.64 bits per heavy atom. The normalized spacial score (nSPS) is 11.8. The number of hydrogen-bond acceptors (Lipinski definition) is 5. The summed E-state index contributed by atoms with van der Waals surface area (Å²) in [5.41, 5.74) is 2.15. The average molecular weight is 347 g/mol. The highest BCUT2D eigenvalue weighted by Crippen LogP contribution is 2.20. The third-order valence-electron chi connectivity index (χ3n) is 3.52. The number of rotatable bonds is 8. The van der Waals surface area contributed by atoms with Gasteiger partial charge in [-0.15, -0.1) is 0 Å². The summed E-state index contributed by atoms with van der Waals surface area (Å²) in [6, 6.07) is 7.79. The van der Waals surface area contributed by atoms with Crippen LogP contribution in [0.3, 0.4) is 0 Å². The first-order chi connectivity index (χ1) is 11.9. The van der Waals surface area contributed by atoms with Crippen LogP contribution >= 0.6 is 0 Å². The molecule has 25 heavy (non-hydrogen) atoms. The second-order valence-corrected chi connectivity index (χ2v) is 5.64. The molecule has 7 heteroatoms. The van der Waals surface area contributed by atoms with Crippen LogP contribution in [0.2, 0.25) is 0 Å². The molecule has 0 aliphatic carbocycles. The first kappa shape index (κ1) is 18.5. The van der Waals surface area contributed by atoms with E-state index in [1.165, 1.54) is 13.2 Å². The van der Waals surface area contributed by atoms with E-state index in [2.05, 4.69) is 5.32 Å². The molecule has 0 bridgehead atoms. The van der Waals surface area contributed by atoms with Crippen LogP contribution in [0.4, 0.5) is 0 Å². The number of hydrogen-bond donors (Lipinski definition) is 2. The van der Waals surface area contributed by atoms with Gasteiger partial charge in [-0.1, -0.05) is 17.7 Å². The number of carboxylic acid groups (broad SMARTS) is 1. The summed E-state index contributed by atoms with van der Waals surface area (Å²) in [6.45, 7) is 3.98. The Morgan fingerprint density at radius 2 is 2.00 bits per heavy atom. The van der Waals surface area contributed by atoms with Gasteiger partial charge in [0.1, 0.15) is 18.1 Å². The summed E-state index contributed by atoms with van der Waals surface area (Å²) in [4.78, 5) is 23.1. The van der Waals surface area contributed by atoms with Gasteiger partial charge in [-0.05, 0) is 37.6 Å². The summed E-state index contributed by atoms with van der Waals surface area (Å²) in [7, 11) is 1.36. The van der Waals surface area contributed by atoms with Gasteiger partial charge in [0.05, 0.1) is 6.61 Å². The number of aryl methyl sites for hydroxylation is 2. The van der Waals surface area contributed by atoms with Gasteiger partial charge in [-0.25, -0.2) is 4.79 Å². The second kappa shape index (κ2) is 8.34. The maximum Gasteiger partial charge on any atom is 0.328 e. The van der Waals surface area contributed by atoms with Crippen LogP contribution in [0.1, 0.15) is 27.4 Å². The van der Waals surface area contributed by atoms with Gasteiger partial charge >= 0.3 is 5.97 Å². The topological polar surface area (TPSA) is 98.0 Å². The molecule has 2 N–H and O–H groups in total. The number of carbonyl (C=O) groups excluding carboxylic acids is 1. The van der Waals surface area contributed by atoms with E-state index in [0.29, 0.717) is 5.76 Å². The SMILES string of the molecule is COCC(NC(=O)c1ccc(COc2ccc(C)cc2C)o1)C(=O)O. The van der Waals surface area contributed by atoms with Crippen molar-refractivity contribution in [3.05, 3.63) is 53.0 Å². The molecule has 0 aliphatic rings. The van der Waals surface area contributed by atoms with Gasteiger partial charge in [0.2, 0.25) is 0 Å². The minimum Gasteiger partial charge on any atom is -0.485 e. The van der Waals surface area contributed by atoms with E-state index < -0.39 is 17.9 Å². The van der Waals surface area contributed by atoms with Crippen molar-refractivity contribution in [3.8, 4) is 5.75 Å². The zero-order valence-electron chi connectivity index (χ0n) is 14.4. The molecule has 0 radical (unpaired) electrons. The summed E-state index contributed by atoms with van der Waals surface area (Å²) >= 11 is 0. The molecule has 0 aliphatic heterocycles. The molecule has 1 aromatic carbocycles. The molecular formula is C18H21NO6. The molecule has 0 saturated carbocycles. The fourth-order valence-electron chi connectivity index (χ4n) is 2.26. The molecular weight excluding hydrogens is 326 g/mol. The molecule has 0 fully saturated rings. The molecule has 134 valence electrons. The Labute approximate surface area is 145 Å². The second-order valence-electron chi connectivity index (χ2n) is 5.64. The highest BCUT2D eigenvalue weighted by molar-refractivity contribution is 5.94. The quantitative estimate of drug-likeness (QED) is 0.760. The van der Waals surface area contributed by atoms with Crippen LogP contribution in [-0.4, -0.2) is 36.7 Å². The monoisotopic (exact) mass is 347 g/mol. The zero-order chi connectivity index (χ0) is 18.4. The number of benzene rings is 1. The molecule has 1 atom stereocenters. The van der Waals surface area contributed by atoms with Crippen molar-refractivity contribution in [2.75, 3.05) is 13.7 Å². The number of methoxy groups -OCH3 is 1. The lowest BCUT2D eigenvalue weighted by atomic mass is 10.1. The van der Waals surface area contributed by atoms with Crippen molar-refractivity contribution in [2.24, 2.45) is 0 Å². The molecule has 1 heterocycles. The Morgan fingerprint density at radius 1 is 1.24 bits per heavy atom. The smallest absolute Gasteiger partial charge is 0.328 e. The Balaban J connectivity index is 1.97. The molecule has 2 rings (SSSR count). The predicted octanol–water partition coefficient (Wildman–Crippen LogP) is 2.30. The molecule has 1 aromatic heterocycles. The minimum atomic E-state index is -1.18. The number of ether oxygens (including phenoxy) is 2. The van der Waals surface area contributed by atoms with Crippen LogP contribution < -0.4 is 10.1 Å². The first-order valence-electron chi connectivity index (χ1n) is 7.72. The first-order valence-corrected chi connectivity index (χ1v) is 7.72. The molecule has 2 aromatic rings. The third-order valence-corrected chi connectivity index (χ3v) is 3.52. The molecule has 0 spiro atoms. The molecule has 0 saturated heterocycles. The van der Waals surface area contributed by atoms with Gasteiger partial charge in [0.15, 0.2) is 11.8 Å². The third kappa shape index (κ3) is 5.09. The predicted molar refractivity (Wildman–Crippen MR) is 89.7 cm³/mol. The van der Waals surface area contributed by atoms with Gasteiger partial charge in [0, 0.05) is 7.11 Å². The maximum absolute atomic E-state index is 12.0. The van der Waals surface area contributed by atoms with Gasteiger partial charge in [-0.3, -0.25) is 4.79 Å². The van der Waals surface area contributed by atoms with Crippen molar-refractivity contribution < 1.29 is 28.6 Å². The fourth-order valence-corrected chi connectivity index (χ4v) is 2.26. The van der Waals surface area contributed by atoms with Crippen molar-refractivity contribution in [2.45, 2.75) is 26.5 Å². The summed E-state index contributed by atoms with van der Waals surface area (Å²) in [5.74, 6) is -0.591. The number of carbonyl (C=O) groups is 2. The van der Waals surface area contributed by atoms with E-state index in [-0.39, 0.29) is 19.0 Å². The van der Waals surface area contributed by atoms with Crippen molar-refractivity contribution in [3.63, 3.8) is 0 Å². The van der Waals surface area contributed by atoms with Crippen molar-refractivity contribution in [1.29, 1.82) is 0 Å². The van der Waals surface area contributed by atoms with E-state index in [9.17, 15) is 9.59 Å². The number of nitrogens with one attached hydrogen (secondary N) is 1. The summed E-state index contributed by atoms with van der Waals surface area (Å²) in [6.07, 6.45) is 0. The van der Waals surface area contributed by atoms with Crippen LogP contribution in [0.5, 0.6) is 5.75 Å². The zero-order valence-corrected chi connectivity index (χ0v) is 14.4. The van der Waals surface area contributed by atoms with Crippen LogP contribution in [0, 0.1) is 13.8 Å².